The zero-order valence-electron chi connectivity index (χ0n) is 11.1. The minimum atomic E-state index is 0.456. The number of hydrogen-bond acceptors (Lipinski definition) is 8. The molecule has 0 unspecified atom stereocenters. The van der Waals surface area contributed by atoms with E-state index in [1.165, 1.54) is 21.8 Å². The highest BCUT2D eigenvalue weighted by Crippen LogP contribution is 2.16. The first-order chi connectivity index (χ1) is 8.62. The van der Waals surface area contributed by atoms with Crippen molar-refractivity contribution < 1.29 is 0 Å². The summed E-state index contributed by atoms with van der Waals surface area (Å²) in [6, 6.07) is 0. The van der Waals surface area contributed by atoms with Crippen LogP contribution < -0.4 is 21.7 Å². The van der Waals surface area contributed by atoms with E-state index in [-0.39, 0.29) is 0 Å². The first-order valence-corrected chi connectivity index (χ1v) is 7.19. The maximum absolute atomic E-state index is 5.88. The Balaban J connectivity index is 3.00. The number of nitrogens with two attached hydrogens (primary N) is 2. The van der Waals surface area contributed by atoms with E-state index in [0.29, 0.717) is 30.1 Å². The molecule has 0 aliphatic rings. The van der Waals surface area contributed by atoms with Crippen molar-refractivity contribution in [2.75, 3.05) is 29.4 Å². The molecule has 102 valence electrons. The van der Waals surface area contributed by atoms with Gasteiger partial charge in [-0.15, -0.1) is 0 Å². The van der Waals surface area contributed by atoms with Gasteiger partial charge in [-0.25, -0.2) is 11.7 Å². The number of anilines is 2. The van der Waals surface area contributed by atoms with E-state index in [4.69, 9.17) is 11.7 Å². The third kappa shape index (κ3) is 3.97. The topological polar surface area (TPSA) is 97.2 Å². The Bertz CT molecular complexity index is 343. The molecule has 0 aliphatic heterocycles. The molecule has 0 aromatic carbocycles. The molecule has 0 radical (unpaired) electrons. The summed E-state index contributed by atoms with van der Waals surface area (Å²) in [7, 11) is 0. The van der Waals surface area contributed by atoms with Crippen LogP contribution >= 0.6 is 11.8 Å². The van der Waals surface area contributed by atoms with E-state index < -0.39 is 0 Å². The lowest BCUT2D eigenvalue weighted by molar-refractivity contribution is 0.716. The Labute approximate surface area is 112 Å². The lowest BCUT2D eigenvalue weighted by atomic mass is 10.5. The number of hydrogen-bond donors (Lipinski definition) is 2. The van der Waals surface area contributed by atoms with Crippen LogP contribution in [0, 0.1) is 0 Å². The number of rotatable bonds is 7. The van der Waals surface area contributed by atoms with Gasteiger partial charge in [0.25, 0.3) is 0 Å². The maximum Gasteiger partial charge on any atom is 0.245 e. The summed E-state index contributed by atoms with van der Waals surface area (Å²) in [5.74, 6) is 12.7. The molecule has 1 aromatic rings. The average Bonchev–Trinajstić information content (AvgIpc) is 2.38. The Morgan fingerprint density at radius 3 is 1.72 bits per heavy atom. The Morgan fingerprint density at radius 1 is 0.944 bits per heavy atom. The molecule has 0 bridgehead atoms. The molecule has 0 saturated carbocycles. The van der Waals surface area contributed by atoms with Crippen LogP contribution in [0.2, 0.25) is 0 Å². The van der Waals surface area contributed by atoms with Crippen LogP contribution in [0.1, 0.15) is 26.7 Å². The normalized spacial score (nSPS) is 10.5. The maximum atomic E-state index is 5.88. The van der Waals surface area contributed by atoms with Gasteiger partial charge >= 0.3 is 0 Å². The predicted octanol–water partition coefficient (Wildman–Crippen LogP) is 0.774. The predicted molar refractivity (Wildman–Crippen MR) is 75.3 cm³/mol. The monoisotopic (exact) mass is 271 g/mol. The largest absolute Gasteiger partial charge is 0.279 e. The lowest BCUT2D eigenvalue weighted by Crippen LogP contribution is -2.36. The van der Waals surface area contributed by atoms with Crippen LogP contribution in [-0.2, 0) is 0 Å². The van der Waals surface area contributed by atoms with E-state index in [0.717, 1.165) is 12.8 Å². The van der Waals surface area contributed by atoms with E-state index in [1.807, 2.05) is 20.1 Å². The highest BCUT2D eigenvalue weighted by molar-refractivity contribution is 7.98. The smallest absolute Gasteiger partial charge is 0.245 e. The Hall–Kier alpha value is -1.12. The second kappa shape index (κ2) is 7.34. The summed E-state index contributed by atoms with van der Waals surface area (Å²) < 4.78 is 0. The standard InChI is InChI=1S/C10H21N7S/c1-4-6-16(11)8-13-9(17(12)7-5-2)15-10(14-8)18-3/h4-7,11-12H2,1-3H3. The van der Waals surface area contributed by atoms with Crippen molar-refractivity contribution in [3.63, 3.8) is 0 Å². The minimum Gasteiger partial charge on any atom is -0.279 e. The summed E-state index contributed by atoms with van der Waals surface area (Å²) in [5, 5.41) is 3.66. The molecule has 1 rings (SSSR count). The minimum absolute atomic E-state index is 0.456. The van der Waals surface area contributed by atoms with Gasteiger partial charge in [0, 0.05) is 13.1 Å². The van der Waals surface area contributed by atoms with Crippen LogP contribution in [0.4, 0.5) is 11.9 Å². The second-order valence-corrected chi connectivity index (χ2v) is 4.58. The van der Waals surface area contributed by atoms with Gasteiger partial charge in [-0.05, 0) is 19.1 Å². The van der Waals surface area contributed by atoms with Gasteiger partial charge < -0.3 is 0 Å². The molecule has 0 saturated heterocycles. The fraction of sp³-hybridized carbons (Fsp3) is 0.700. The van der Waals surface area contributed by atoms with Gasteiger partial charge in [0.15, 0.2) is 5.16 Å². The molecular formula is C10H21N7S. The molecule has 0 fully saturated rings. The highest BCUT2D eigenvalue weighted by Gasteiger charge is 2.12. The molecule has 0 atom stereocenters. The molecule has 1 aromatic heterocycles. The van der Waals surface area contributed by atoms with Crippen LogP contribution in [0.25, 0.3) is 0 Å². The van der Waals surface area contributed by atoms with Crippen LogP contribution in [0.15, 0.2) is 5.16 Å². The lowest BCUT2D eigenvalue weighted by Gasteiger charge is -2.20. The summed E-state index contributed by atoms with van der Waals surface area (Å²) >= 11 is 1.44. The third-order valence-electron chi connectivity index (χ3n) is 2.22. The summed E-state index contributed by atoms with van der Waals surface area (Å²) in [6.07, 6.45) is 3.76. The molecule has 0 aliphatic carbocycles. The van der Waals surface area contributed by atoms with Crippen LogP contribution in [0.5, 0.6) is 0 Å². The molecule has 0 amide bonds. The fourth-order valence-corrected chi connectivity index (χ4v) is 1.71. The number of thioether (sulfide) groups is 1. The molecule has 1 heterocycles. The van der Waals surface area contributed by atoms with Gasteiger partial charge in [-0.2, -0.15) is 15.0 Å². The van der Waals surface area contributed by atoms with Crippen molar-refractivity contribution in [3.05, 3.63) is 0 Å². The molecular weight excluding hydrogens is 250 g/mol. The highest BCUT2D eigenvalue weighted by atomic mass is 32.2. The van der Waals surface area contributed by atoms with Crippen molar-refractivity contribution in [1.82, 2.24) is 15.0 Å². The van der Waals surface area contributed by atoms with Gasteiger partial charge in [0.2, 0.25) is 11.9 Å². The number of hydrazine groups is 2. The zero-order chi connectivity index (χ0) is 13.5. The second-order valence-electron chi connectivity index (χ2n) is 3.81. The van der Waals surface area contributed by atoms with Crippen molar-refractivity contribution in [2.24, 2.45) is 11.7 Å². The van der Waals surface area contributed by atoms with E-state index in [2.05, 4.69) is 15.0 Å². The average molecular weight is 271 g/mol. The van der Waals surface area contributed by atoms with E-state index in [1.54, 1.807) is 0 Å². The van der Waals surface area contributed by atoms with Gasteiger partial charge in [0.05, 0.1) is 0 Å². The Kier molecular flexibility index (Phi) is 6.10. The quantitative estimate of drug-likeness (QED) is 0.426. The summed E-state index contributed by atoms with van der Waals surface area (Å²) in [4.78, 5) is 12.8. The van der Waals surface area contributed by atoms with Crippen LogP contribution in [0.3, 0.4) is 0 Å². The van der Waals surface area contributed by atoms with Gasteiger partial charge in [-0.1, -0.05) is 25.6 Å². The van der Waals surface area contributed by atoms with Crippen LogP contribution in [-0.4, -0.2) is 34.3 Å². The van der Waals surface area contributed by atoms with Crippen molar-refractivity contribution in [3.8, 4) is 0 Å². The first-order valence-electron chi connectivity index (χ1n) is 5.96. The zero-order valence-corrected chi connectivity index (χ0v) is 11.9. The number of nitrogens with zero attached hydrogens (tertiary/aromatic N) is 5. The Morgan fingerprint density at radius 2 is 1.39 bits per heavy atom. The summed E-state index contributed by atoms with van der Waals surface area (Å²) in [6.45, 7) is 5.47. The van der Waals surface area contributed by atoms with Gasteiger partial charge in [-0.3, -0.25) is 10.0 Å². The molecule has 18 heavy (non-hydrogen) atoms. The first kappa shape index (κ1) is 14.9. The molecule has 4 N–H and O–H groups in total. The van der Waals surface area contributed by atoms with E-state index >= 15 is 0 Å². The SMILES string of the molecule is CCCN(N)c1nc(SC)nc(N(N)CCC)n1. The van der Waals surface area contributed by atoms with Gasteiger partial charge in [0.1, 0.15) is 0 Å². The summed E-state index contributed by atoms with van der Waals surface area (Å²) in [5.41, 5.74) is 0. The van der Waals surface area contributed by atoms with Crippen molar-refractivity contribution in [2.45, 2.75) is 31.8 Å². The van der Waals surface area contributed by atoms with Crippen molar-refractivity contribution in [1.29, 1.82) is 0 Å². The molecule has 0 spiro atoms. The van der Waals surface area contributed by atoms with E-state index in [9.17, 15) is 0 Å². The molecule has 8 heteroatoms. The number of aromatic nitrogens is 3. The third-order valence-corrected chi connectivity index (χ3v) is 2.76. The molecule has 7 nitrogen and oxygen atoms in total. The fourth-order valence-electron chi connectivity index (χ4n) is 1.37. The van der Waals surface area contributed by atoms with Crippen molar-refractivity contribution >= 4 is 23.7 Å².